The molecule has 0 aromatic heterocycles. The van der Waals surface area contributed by atoms with Crippen molar-refractivity contribution in [1.82, 2.24) is 0 Å². The highest BCUT2D eigenvalue weighted by atomic mass is 32.2. The van der Waals surface area contributed by atoms with Crippen LogP contribution in [0.25, 0.3) is 0 Å². The van der Waals surface area contributed by atoms with Gasteiger partial charge in [0.1, 0.15) is 5.75 Å². The topological polar surface area (TPSA) is 52.3 Å². The Balaban J connectivity index is 2.68. The monoisotopic (exact) mass is 255 g/mol. The third-order valence-electron chi connectivity index (χ3n) is 2.54. The molecule has 17 heavy (non-hydrogen) atoms. The standard InChI is InChI=1S/C13H21NO2S/c1-10(2)5-4-8-17(15)13-7-6-11(14)9-12(13)16-3/h6-7,9-10H,4-5,8,14H2,1-3H3. The molecule has 0 radical (unpaired) electrons. The molecule has 1 aromatic rings. The summed E-state index contributed by atoms with van der Waals surface area (Å²) in [5, 5.41) is 0. The third kappa shape index (κ3) is 4.38. The molecule has 0 fully saturated rings. The molecule has 0 spiro atoms. The van der Waals surface area contributed by atoms with Crippen molar-refractivity contribution in [3.8, 4) is 5.75 Å². The molecule has 96 valence electrons. The van der Waals surface area contributed by atoms with E-state index in [9.17, 15) is 4.21 Å². The SMILES string of the molecule is COc1cc(N)ccc1S(=O)CCCC(C)C. The average Bonchev–Trinajstić information content (AvgIpc) is 2.28. The molecule has 0 aliphatic rings. The predicted octanol–water partition coefficient (Wildman–Crippen LogP) is 2.82. The van der Waals surface area contributed by atoms with Crippen LogP contribution in [0, 0.1) is 5.92 Å². The van der Waals surface area contributed by atoms with Crippen molar-refractivity contribution in [3.05, 3.63) is 18.2 Å². The molecule has 1 rings (SSSR count). The van der Waals surface area contributed by atoms with E-state index in [2.05, 4.69) is 13.8 Å². The van der Waals surface area contributed by atoms with E-state index in [0.717, 1.165) is 17.7 Å². The van der Waals surface area contributed by atoms with Crippen molar-refractivity contribution in [2.45, 2.75) is 31.6 Å². The number of ether oxygens (including phenoxy) is 1. The first-order valence-corrected chi connectivity index (χ1v) is 7.18. The van der Waals surface area contributed by atoms with Crippen LogP contribution in [-0.4, -0.2) is 17.1 Å². The summed E-state index contributed by atoms with van der Waals surface area (Å²) < 4.78 is 17.3. The van der Waals surface area contributed by atoms with Gasteiger partial charge in [-0.25, -0.2) is 0 Å². The maximum atomic E-state index is 12.1. The minimum absolute atomic E-state index is 0.618. The summed E-state index contributed by atoms with van der Waals surface area (Å²) in [5.41, 5.74) is 6.29. The first-order chi connectivity index (χ1) is 8.04. The van der Waals surface area contributed by atoms with Crippen molar-refractivity contribution in [2.75, 3.05) is 18.6 Å². The van der Waals surface area contributed by atoms with Crippen molar-refractivity contribution in [3.63, 3.8) is 0 Å². The number of methoxy groups -OCH3 is 1. The van der Waals surface area contributed by atoms with E-state index >= 15 is 0 Å². The Kier molecular flexibility index (Phi) is 5.48. The van der Waals surface area contributed by atoms with E-state index in [1.54, 1.807) is 25.3 Å². The molecular weight excluding hydrogens is 234 g/mol. The summed E-state index contributed by atoms with van der Waals surface area (Å²) in [7, 11) is 0.573. The molecule has 3 nitrogen and oxygen atoms in total. The zero-order valence-electron chi connectivity index (χ0n) is 10.7. The van der Waals surface area contributed by atoms with E-state index in [0.29, 0.717) is 23.1 Å². The molecule has 1 unspecified atom stereocenters. The molecule has 0 heterocycles. The molecule has 0 saturated heterocycles. The van der Waals surface area contributed by atoms with Crippen LogP contribution in [0.2, 0.25) is 0 Å². The molecule has 0 amide bonds. The van der Waals surface area contributed by atoms with Crippen LogP contribution >= 0.6 is 0 Å². The molecule has 4 heteroatoms. The predicted molar refractivity (Wildman–Crippen MR) is 72.8 cm³/mol. The van der Waals surface area contributed by atoms with Crippen LogP contribution in [0.3, 0.4) is 0 Å². The molecule has 1 atom stereocenters. The highest BCUT2D eigenvalue weighted by molar-refractivity contribution is 7.85. The van der Waals surface area contributed by atoms with Crippen molar-refractivity contribution in [2.24, 2.45) is 5.92 Å². The highest BCUT2D eigenvalue weighted by Crippen LogP contribution is 2.25. The zero-order valence-corrected chi connectivity index (χ0v) is 11.5. The zero-order chi connectivity index (χ0) is 12.8. The lowest BCUT2D eigenvalue weighted by atomic mass is 10.1. The summed E-state index contributed by atoms with van der Waals surface area (Å²) in [6, 6.07) is 5.27. The second-order valence-electron chi connectivity index (χ2n) is 4.50. The van der Waals surface area contributed by atoms with Gasteiger partial charge in [-0.3, -0.25) is 4.21 Å². The van der Waals surface area contributed by atoms with Gasteiger partial charge in [-0.1, -0.05) is 20.3 Å². The lowest BCUT2D eigenvalue weighted by Crippen LogP contribution is -2.03. The molecule has 0 aliphatic heterocycles. The van der Waals surface area contributed by atoms with Gasteiger partial charge in [-0.2, -0.15) is 0 Å². The normalized spacial score (nSPS) is 12.7. The quantitative estimate of drug-likeness (QED) is 0.795. The fraction of sp³-hybridized carbons (Fsp3) is 0.538. The van der Waals surface area contributed by atoms with Gasteiger partial charge in [0.15, 0.2) is 0 Å². The maximum absolute atomic E-state index is 12.1. The van der Waals surface area contributed by atoms with Gasteiger partial charge >= 0.3 is 0 Å². The first kappa shape index (κ1) is 14.0. The van der Waals surface area contributed by atoms with E-state index in [1.807, 2.05) is 0 Å². The van der Waals surface area contributed by atoms with Gasteiger partial charge in [0.25, 0.3) is 0 Å². The van der Waals surface area contributed by atoms with Crippen LogP contribution in [0.15, 0.2) is 23.1 Å². The Morgan fingerprint density at radius 3 is 2.71 bits per heavy atom. The second kappa shape index (κ2) is 6.64. The number of hydrogen-bond donors (Lipinski definition) is 1. The second-order valence-corrected chi connectivity index (χ2v) is 6.04. The van der Waals surface area contributed by atoms with Gasteiger partial charge in [0.05, 0.1) is 22.8 Å². The molecule has 1 aromatic carbocycles. The largest absolute Gasteiger partial charge is 0.495 e. The van der Waals surface area contributed by atoms with Crippen LogP contribution in [0.1, 0.15) is 26.7 Å². The van der Waals surface area contributed by atoms with Crippen molar-refractivity contribution < 1.29 is 8.95 Å². The fourth-order valence-corrected chi connectivity index (χ4v) is 2.84. The van der Waals surface area contributed by atoms with Crippen molar-refractivity contribution >= 4 is 16.5 Å². The minimum atomic E-state index is -1.00. The van der Waals surface area contributed by atoms with E-state index in [1.165, 1.54) is 0 Å². The number of nitrogens with two attached hydrogens (primary N) is 1. The summed E-state index contributed by atoms with van der Waals surface area (Å²) >= 11 is 0. The Bertz CT molecular complexity index is 391. The van der Waals surface area contributed by atoms with E-state index in [-0.39, 0.29) is 0 Å². The van der Waals surface area contributed by atoms with Gasteiger partial charge < -0.3 is 10.5 Å². The summed E-state index contributed by atoms with van der Waals surface area (Å²) in [5.74, 6) is 1.95. The lowest BCUT2D eigenvalue weighted by molar-refractivity contribution is 0.404. The van der Waals surface area contributed by atoms with Gasteiger partial charge in [-0.05, 0) is 24.5 Å². The summed E-state index contributed by atoms with van der Waals surface area (Å²) in [6.45, 7) is 4.35. The number of rotatable bonds is 6. The highest BCUT2D eigenvalue weighted by Gasteiger charge is 2.10. The Labute approximate surface area is 106 Å². The number of benzene rings is 1. The fourth-order valence-electron chi connectivity index (χ4n) is 1.60. The molecule has 2 N–H and O–H groups in total. The minimum Gasteiger partial charge on any atom is -0.495 e. The summed E-state index contributed by atoms with van der Waals surface area (Å²) in [4.78, 5) is 0.741. The van der Waals surface area contributed by atoms with Gasteiger partial charge in [0, 0.05) is 17.5 Å². The van der Waals surface area contributed by atoms with E-state index in [4.69, 9.17) is 10.5 Å². The lowest BCUT2D eigenvalue weighted by Gasteiger charge is -2.09. The molecule has 0 bridgehead atoms. The Morgan fingerprint density at radius 1 is 1.41 bits per heavy atom. The summed E-state index contributed by atoms with van der Waals surface area (Å²) in [6.07, 6.45) is 2.07. The number of nitrogen functional groups attached to an aromatic ring is 1. The molecule has 0 saturated carbocycles. The third-order valence-corrected chi connectivity index (χ3v) is 4.03. The average molecular weight is 255 g/mol. The van der Waals surface area contributed by atoms with Crippen LogP contribution in [-0.2, 0) is 10.8 Å². The number of anilines is 1. The smallest absolute Gasteiger partial charge is 0.137 e. The number of hydrogen-bond acceptors (Lipinski definition) is 3. The molecule has 0 aliphatic carbocycles. The molecular formula is C13H21NO2S. The van der Waals surface area contributed by atoms with E-state index < -0.39 is 10.8 Å². The van der Waals surface area contributed by atoms with Crippen LogP contribution in [0.5, 0.6) is 5.75 Å². The Morgan fingerprint density at radius 2 is 2.12 bits per heavy atom. The van der Waals surface area contributed by atoms with Crippen LogP contribution < -0.4 is 10.5 Å². The van der Waals surface area contributed by atoms with Crippen molar-refractivity contribution in [1.29, 1.82) is 0 Å². The first-order valence-electron chi connectivity index (χ1n) is 5.86. The van der Waals surface area contributed by atoms with Gasteiger partial charge in [-0.15, -0.1) is 0 Å². The van der Waals surface area contributed by atoms with Gasteiger partial charge in [0.2, 0.25) is 0 Å². The Hall–Kier alpha value is -1.03. The maximum Gasteiger partial charge on any atom is 0.137 e. The van der Waals surface area contributed by atoms with Crippen LogP contribution in [0.4, 0.5) is 5.69 Å².